The number of amides is 2. The third-order valence-electron chi connectivity index (χ3n) is 2.28. The normalized spacial score (nSPS) is 11.4. The highest BCUT2D eigenvalue weighted by Gasteiger charge is 2.36. The lowest BCUT2D eigenvalue weighted by atomic mass is 10.00. The molecule has 2 amide bonds. The molecule has 0 rings (SSSR count). The van der Waals surface area contributed by atoms with Gasteiger partial charge in [-0.3, -0.25) is 4.79 Å². The van der Waals surface area contributed by atoms with Crippen LogP contribution in [0.15, 0.2) is 12.7 Å². The molecule has 3 N–H and O–H groups in total. The van der Waals surface area contributed by atoms with E-state index in [0.717, 1.165) is 0 Å². The smallest absolute Gasteiger partial charge is 0.408 e. The maximum absolute atomic E-state index is 11.9. The van der Waals surface area contributed by atoms with Gasteiger partial charge in [-0.25, -0.2) is 9.59 Å². The van der Waals surface area contributed by atoms with Crippen LogP contribution in [0.2, 0.25) is 0 Å². The number of aliphatic carboxylic acids is 1. The van der Waals surface area contributed by atoms with Gasteiger partial charge in [-0.05, 0) is 27.7 Å². The summed E-state index contributed by atoms with van der Waals surface area (Å²) in [4.78, 5) is 34.2. The van der Waals surface area contributed by atoms with Gasteiger partial charge in [-0.1, -0.05) is 12.7 Å². The molecule has 0 aliphatic rings. The van der Waals surface area contributed by atoms with Gasteiger partial charge in [0.05, 0.1) is 0 Å². The molecule has 0 bridgehead atoms. The minimum absolute atomic E-state index is 0.0180. The van der Waals surface area contributed by atoms with E-state index in [-0.39, 0.29) is 6.61 Å². The predicted octanol–water partition coefficient (Wildman–Crippen LogP) is 0.657. The maximum atomic E-state index is 11.9. The Morgan fingerprint density at radius 1 is 1.16 bits per heavy atom. The van der Waals surface area contributed by atoms with Crippen LogP contribution < -0.4 is 10.6 Å². The average Bonchev–Trinajstić information content (AvgIpc) is 2.24. The summed E-state index contributed by atoms with van der Waals surface area (Å²) in [7, 11) is 0. The first-order valence-corrected chi connectivity index (χ1v) is 5.65. The van der Waals surface area contributed by atoms with Crippen LogP contribution in [0.4, 0.5) is 4.79 Å². The molecule has 0 spiro atoms. The van der Waals surface area contributed by atoms with E-state index < -0.39 is 29.0 Å². The molecule has 0 aromatic carbocycles. The van der Waals surface area contributed by atoms with Crippen LogP contribution in [-0.2, 0) is 14.3 Å². The van der Waals surface area contributed by atoms with Crippen molar-refractivity contribution in [1.82, 2.24) is 10.6 Å². The average molecular weight is 272 g/mol. The number of carboxylic acids is 1. The standard InChI is InChI=1S/C12H20N2O5/c1-6-7-19-10(18)14-11(2,3)8(15)13-12(4,5)9(16)17/h6H,1,7H2,2-5H3,(H,13,15)(H,14,18)(H,16,17). The molecule has 0 saturated carbocycles. The number of alkyl carbamates (subject to hydrolysis) is 1. The molecule has 19 heavy (non-hydrogen) atoms. The van der Waals surface area contributed by atoms with Crippen LogP contribution in [-0.4, -0.2) is 40.8 Å². The largest absolute Gasteiger partial charge is 0.480 e. The van der Waals surface area contributed by atoms with Gasteiger partial charge in [-0.15, -0.1) is 0 Å². The van der Waals surface area contributed by atoms with Gasteiger partial charge >= 0.3 is 12.1 Å². The van der Waals surface area contributed by atoms with Gasteiger partial charge in [-0.2, -0.15) is 0 Å². The van der Waals surface area contributed by atoms with Crippen molar-refractivity contribution in [3.63, 3.8) is 0 Å². The molecule has 0 unspecified atom stereocenters. The minimum atomic E-state index is -1.43. The molecule has 0 aliphatic heterocycles. The van der Waals surface area contributed by atoms with E-state index in [1.807, 2.05) is 0 Å². The second-order valence-electron chi connectivity index (χ2n) is 5.02. The highest BCUT2D eigenvalue weighted by molar-refractivity contribution is 5.93. The van der Waals surface area contributed by atoms with E-state index in [1.54, 1.807) is 0 Å². The summed E-state index contributed by atoms with van der Waals surface area (Å²) in [6.07, 6.45) is 0.605. The Kier molecular flexibility index (Phi) is 5.54. The van der Waals surface area contributed by atoms with E-state index in [2.05, 4.69) is 17.2 Å². The van der Waals surface area contributed by atoms with E-state index in [4.69, 9.17) is 9.84 Å². The molecule has 0 aromatic heterocycles. The number of rotatable bonds is 6. The predicted molar refractivity (Wildman–Crippen MR) is 68.6 cm³/mol. The minimum Gasteiger partial charge on any atom is -0.480 e. The van der Waals surface area contributed by atoms with Crippen LogP contribution in [0.5, 0.6) is 0 Å². The quantitative estimate of drug-likeness (QED) is 0.616. The van der Waals surface area contributed by atoms with Gasteiger partial charge in [0.25, 0.3) is 0 Å². The summed E-state index contributed by atoms with van der Waals surface area (Å²) in [6, 6.07) is 0. The van der Waals surface area contributed by atoms with Gasteiger partial charge in [0.1, 0.15) is 17.7 Å². The SMILES string of the molecule is C=CCOC(=O)NC(C)(C)C(=O)NC(C)(C)C(=O)O. The van der Waals surface area contributed by atoms with E-state index >= 15 is 0 Å². The summed E-state index contributed by atoms with van der Waals surface area (Å²) in [5, 5.41) is 13.6. The first-order valence-electron chi connectivity index (χ1n) is 5.65. The summed E-state index contributed by atoms with van der Waals surface area (Å²) < 4.78 is 4.69. The molecule has 0 radical (unpaired) electrons. The fourth-order valence-corrected chi connectivity index (χ4v) is 0.976. The Morgan fingerprint density at radius 2 is 1.68 bits per heavy atom. The van der Waals surface area contributed by atoms with Crippen LogP contribution in [0.1, 0.15) is 27.7 Å². The lowest BCUT2D eigenvalue weighted by Crippen LogP contribution is -2.61. The third-order valence-corrected chi connectivity index (χ3v) is 2.28. The molecule has 0 fully saturated rings. The molecule has 108 valence electrons. The zero-order chi connectivity index (χ0) is 15.3. The lowest BCUT2D eigenvalue weighted by molar-refractivity contribution is -0.146. The highest BCUT2D eigenvalue weighted by Crippen LogP contribution is 2.08. The summed E-state index contributed by atoms with van der Waals surface area (Å²) >= 11 is 0. The number of carboxylic acid groups (broad SMARTS) is 1. The van der Waals surface area contributed by atoms with Crippen LogP contribution >= 0.6 is 0 Å². The zero-order valence-electron chi connectivity index (χ0n) is 11.6. The molecule has 0 atom stereocenters. The van der Waals surface area contributed by atoms with Crippen molar-refractivity contribution < 1.29 is 24.2 Å². The van der Waals surface area contributed by atoms with Crippen LogP contribution in [0.25, 0.3) is 0 Å². The Bertz CT molecular complexity index is 388. The number of ether oxygens (including phenoxy) is 1. The number of hydrogen-bond acceptors (Lipinski definition) is 4. The Hall–Kier alpha value is -2.05. The van der Waals surface area contributed by atoms with Crippen molar-refractivity contribution in [3.8, 4) is 0 Å². The first-order chi connectivity index (χ1) is 8.53. The van der Waals surface area contributed by atoms with Crippen molar-refractivity contribution in [1.29, 1.82) is 0 Å². The fraction of sp³-hybridized carbons (Fsp3) is 0.583. The van der Waals surface area contributed by atoms with Crippen molar-refractivity contribution >= 4 is 18.0 Å². The number of hydrogen-bond donors (Lipinski definition) is 3. The molecule has 0 aliphatic carbocycles. The van der Waals surface area contributed by atoms with Crippen molar-refractivity contribution in [3.05, 3.63) is 12.7 Å². The Labute approximate surface area is 112 Å². The molecule has 0 saturated heterocycles. The maximum Gasteiger partial charge on any atom is 0.408 e. The summed E-state index contributed by atoms with van der Waals surface area (Å²) in [5.41, 5.74) is -2.73. The number of carbonyl (C=O) groups is 3. The lowest BCUT2D eigenvalue weighted by Gasteiger charge is -2.29. The number of nitrogens with one attached hydrogen (secondary N) is 2. The van der Waals surface area contributed by atoms with Crippen molar-refractivity contribution in [2.75, 3.05) is 6.61 Å². The Morgan fingerprint density at radius 3 is 2.11 bits per heavy atom. The van der Waals surface area contributed by atoms with Crippen molar-refractivity contribution in [2.24, 2.45) is 0 Å². The highest BCUT2D eigenvalue weighted by atomic mass is 16.5. The van der Waals surface area contributed by atoms with Crippen molar-refractivity contribution in [2.45, 2.75) is 38.8 Å². The summed E-state index contributed by atoms with van der Waals surface area (Å²) in [6.45, 7) is 8.97. The monoisotopic (exact) mass is 272 g/mol. The molecule has 0 aromatic rings. The third kappa shape index (κ3) is 5.41. The molecule has 7 nitrogen and oxygen atoms in total. The van der Waals surface area contributed by atoms with E-state index in [9.17, 15) is 14.4 Å². The van der Waals surface area contributed by atoms with Gasteiger partial charge in [0.15, 0.2) is 0 Å². The zero-order valence-corrected chi connectivity index (χ0v) is 11.6. The van der Waals surface area contributed by atoms with Gasteiger partial charge in [0.2, 0.25) is 5.91 Å². The van der Waals surface area contributed by atoms with Crippen LogP contribution in [0.3, 0.4) is 0 Å². The van der Waals surface area contributed by atoms with Gasteiger partial charge < -0.3 is 20.5 Å². The number of carbonyl (C=O) groups excluding carboxylic acids is 2. The molecular formula is C12H20N2O5. The molecular weight excluding hydrogens is 252 g/mol. The molecule has 7 heteroatoms. The summed E-state index contributed by atoms with van der Waals surface area (Å²) in [5.74, 6) is -1.80. The Balaban J connectivity index is 4.64. The van der Waals surface area contributed by atoms with Crippen LogP contribution in [0, 0.1) is 0 Å². The molecule has 0 heterocycles. The fourth-order valence-electron chi connectivity index (χ4n) is 0.976. The van der Waals surface area contributed by atoms with Gasteiger partial charge in [0, 0.05) is 0 Å². The topological polar surface area (TPSA) is 105 Å². The second-order valence-corrected chi connectivity index (χ2v) is 5.02. The second kappa shape index (κ2) is 6.21. The first kappa shape index (κ1) is 16.9. The van der Waals surface area contributed by atoms with E-state index in [1.165, 1.54) is 33.8 Å². The van der Waals surface area contributed by atoms with E-state index in [0.29, 0.717) is 0 Å².